The second kappa shape index (κ2) is 5.47. The number of anilines is 1. The van der Waals surface area contributed by atoms with Crippen LogP contribution in [0.4, 0.5) is 5.82 Å². The number of rotatable bonds is 4. The molecular weight excluding hydrogens is 326 g/mol. The minimum atomic E-state index is -3.85. The maximum Gasteiger partial charge on any atom is 0.242 e. The lowest BCUT2D eigenvalue weighted by molar-refractivity contribution is 0.570. The van der Waals surface area contributed by atoms with E-state index in [1.807, 2.05) is 0 Å². The van der Waals surface area contributed by atoms with Gasteiger partial charge in [0.25, 0.3) is 0 Å². The molecule has 1 fully saturated rings. The van der Waals surface area contributed by atoms with Gasteiger partial charge in [-0.15, -0.1) is 0 Å². The predicted octanol–water partition coefficient (Wildman–Crippen LogP) is 0.173. The van der Waals surface area contributed by atoms with E-state index in [2.05, 4.69) is 9.71 Å². The molecule has 1 saturated heterocycles. The molecule has 0 bridgehead atoms. The van der Waals surface area contributed by atoms with Crippen molar-refractivity contribution in [2.24, 2.45) is 0 Å². The highest BCUT2D eigenvalue weighted by Gasteiger charge is 2.32. The van der Waals surface area contributed by atoms with E-state index in [-0.39, 0.29) is 28.0 Å². The maximum absolute atomic E-state index is 12.0. The smallest absolute Gasteiger partial charge is 0.242 e. The summed E-state index contributed by atoms with van der Waals surface area (Å²) in [6, 6.07) is 1.18. The SMILES string of the molecule is Nc1ncc(S(=O)(=O)NCC2CCCS2(=O)=O)cc1Cl. The van der Waals surface area contributed by atoms with Gasteiger partial charge in [0.1, 0.15) is 10.7 Å². The lowest BCUT2D eigenvalue weighted by Crippen LogP contribution is -2.34. The Morgan fingerprint density at radius 2 is 2.20 bits per heavy atom. The predicted molar refractivity (Wildman–Crippen MR) is 75.7 cm³/mol. The van der Waals surface area contributed by atoms with E-state index in [0.29, 0.717) is 12.8 Å². The van der Waals surface area contributed by atoms with Crippen molar-refractivity contribution in [2.45, 2.75) is 23.0 Å². The molecule has 2 heterocycles. The molecular formula is C10H14ClN3O4S2. The zero-order valence-corrected chi connectivity index (χ0v) is 12.8. The van der Waals surface area contributed by atoms with Gasteiger partial charge in [-0.05, 0) is 18.9 Å². The second-order valence-electron chi connectivity index (χ2n) is 4.52. The summed E-state index contributed by atoms with van der Waals surface area (Å²) >= 11 is 5.72. The molecule has 0 saturated carbocycles. The van der Waals surface area contributed by atoms with Crippen molar-refractivity contribution in [1.82, 2.24) is 9.71 Å². The summed E-state index contributed by atoms with van der Waals surface area (Å²) < 4.78 is 49.6. The van der Waals surface area contributed by atoms with E-state index in [9.17, 15) is 16.8 Å². The molecule has 1 unspecified atom stereocenters. The first-order valence-electron chi connectivity index (χ1n) is 5.84. The van der Waals surface area contributed by atoms with Gasteiger partial charge < -0.3 is 5.73 Å². The van der Waals surface area contributed by atoms with E-state index in [1.165, 1.54) is 6.07 Å². The van der Waals surface area contributed by atoms with Crippen LogP contribution in [-0.4, -0.2) is 39.4 Å². The average molecular weight is 340 g/mol. The first-order chi connectivity index (χ1) is 9.22. The van der Waals surface area contributed by atoms with Crippen molar-refractivity contribution in [3.05, 3.63) is 17.3 Å². The summed E-state index contributed by atoms with van der Waals surface area (Å²) in [5.74, 6) is 0.137. The summed E-state index contributed by atoms with van der Waals surface area (Å²) in [5, 5.41) is -0.643. The van der Waals surface area contributed by atoms with Crippen LogP contribution in [-0.2, 0) is 19.9 Å². The fraction of sp³-hybridized carbons (Fsp3) is 0.500. The quantitative estimate of drug-likeness (QED) is 0.807. The van der Waals surface area contributed by atoms with E-state index in [0.717, 1.165) is 6.20 Å². The molecule has 1 aliphatic rings. The van der Waals surface area contributed by atoms with Crippen molar-refractivity contribution in [1.29, 1.82) is 0 Å². The number of nitrogens with zero attached hydrogens (tertiary/aromatic N) is 1. The third-order valence-electron chi connectivity index (χ3n) is 3.12. The molecule has 0 spiro atoms. The van der Waals surface area contributed by atoms with Crippen LogP contribution in [0.5, 0.6) is 0 Å². The molecule has 0 aromatic carbocycles. The fourth-order valence-electron chi connectivity index (χ4n) is 1.95. The van der Waals surface area contributed by atoms with Crippen LogP contribution in [0.2, 0.25) is 5.02 Å². The van der Waals surface area contributed by atoms with E-state index >= 15 is 0 Å². The minimum Gasteiger partial charge on any atom is -0.382 e. The minimum absolute atomic E-state index is 0.0290. The molecule has 2 rings (SSSR count). The average Bonchev–Trinajstić information content (AvgIpc) is 2.69. The molecule has 3 N–H and O–H groups in total. The highest BCUT2D eigenvalue weighted by atomic mass is 35.5. The summed E-state index contributed by atoms with van der Waals surface area (Å²) in [5.41, 5.74) is 5.40. The highest BCUT2D eigenvalue weighted by Crippen LogP contribution is 2.22. The van der Waals surface area contributed by atoms with Crippen molar-refractivity contribution in [2.75, 3.05) is 18.0 Å². The zero-order chi connectivity index (χ0) is 15.0. The molecule has 20 heavy (non-hydrogen) atoms. The number of nitrogens with one attached hydrogen (secondary N) is 1. The Labute approximate surface area is 122 Å². The first-order valence-corrected chi connectivity index (χ1v) is 9.42. The Morgan fingerprint density at radius 1 is 1.50 bits per heavy atom. The van der Waals surface area contributed by atoms with Gasteiger partial charge in [-0.25, -0.2) is 26.5 Å². The van der Waals surface area contributed by atoms with Crippen LogP contribution in [0.3, 0.4) is 0 Å². The van der Waals surface area contributed by atoms with Crippen molar-refractivity contribution >= 4 is 37.3 Å². The maximum atomic E-state index is 12.0. The lowest BCUT2D eigenvalue weighted by Gasteiger charge is -2.11. The van der Waals surface area contributed by atoms with Crippen molar-refractivity contribution in [3.8, 4) is 0 Å². The Hall–Kier alpha value is -0.900. The number of nitrogen functional groups attached to an aromatic ring is 1. The van der Waals surface area contributed by atoms with Gasteiger partial charge in [0.15, 0.2) is 9.84 Å². The number of hydrogen-bond acceptors (Lipinski definition) is 6. The molecule has 1 atom stereocenters. The molecule has 0 aliphatic carbocycles. The largest absolute Gasteiger partial charge is 0.382 e. The van der Waals surface area contributed by atoms with Gasteiger partial charge >= 0.3 is 0 Å². The topological polar surface area (TPSA) is 119 Å². The third-order valence-corrected chi connectivity index (χ3v) is 7.09. The second-order valence-corrected chi connectivity index (χ2v) is 9.10. The number of pyridine rings is 1. The van der Waals surface area contributed by atoms with Gasteiger partial charge in [0.2, 0.25) is 10.0 Å². The number of aromatic nitrogens is 1. The van der Waals surface area contributed by atoms with E-state index in [1.54, 1.807) is 0 Å². The number of nitrogens with two attached hydrogens (primary N) is 1. The van der Waals surface area contributed by atoms with E-state index < -0.39 is 25.1 Å². The molecule has 1 aromatic rings. The molecule has 112 valence electrons. The molecule has 7 nitrogen and oxygen atoms in total. The Morgan fingerprint density at radius 3 is 2.75 bits per heavy atom. The molecule has 0 amide bonds. The Bertz CT molecular complexity index is 718. The fourth-order valence-corrected chi connectivity index (χ4v) is 5.11. The van der Waals surface area contributed by atoms with Gasteiger partial charge in [0, 0.05) is 12.7 Å². The summed E-state index contributed by atoms with van der Waals surface area (Å²) in [6.45, 7) is -0.146. The third kappa shape index (κ3) is 3.22. The summed E-state index contributed by atoms with van der Waals surface area (Å²) in [6.07, 6.45) is 2.10. The molecule has 10 heteroatoms. The molecule has 0 radical (unpaired) electrons. The van der Waals surface area contributed by atoms with Crippen LogP contribution >= 0.6 is 11.6 Å². The molecule has 1 aromatic heterocycles. The lowest BCUT2D eigenvalue weighted by atomic mass is 10.2. The Balaban J connectivity index is 2.13. The van der Waals surface area contributed by atoms with Crippen LogP contribution < -0.4 is 10.5 Å². The molecule has 1 aliphatic heterocycles. The van der Waals surface area contributed by atoms with Crippen molar-refractivity contribution in [3.63, 3.8) is 0 Å². The van der Waals surface area contributed by atoms with Gasteiger partial charge in [0.05, 0.1) is 16.0 Å². The van der Waals surface area contributed by atoms with Gasteiger partial charge in [-0.1, -0.05) is 11.6 Å². The van der Waals surface area contributed by atoms with E-state index in [4.69, 9.17) is 17.3 Å². The summed E-state index contributed by atoms with van der Waals surface area (Å²) in [7, 11) is -7.05. The Kier molecular flexibility index (Phi) is 4.24. The monoisotopic (exact) mass is 339 g/mol. The zero-order valence-electron chi connectivity index (χ0n) is 10.4. The van der Waals surface area contributed by atoms with Crippen LogP contribution in [0, 0.1) is 0 Å². The standard InChI is InChI=1S/C10H14ClN3O4S2/c11-9-4-8(5-13-10(9)12)20(17,18)14-6-7-2-1-3-19(7,15)16/h4-5,7,14H,1-3,6H2,(H2,12,13). The first kappa shape index (κ1) is 15.5. The van der Waals surface area contributed by atoms with Gasteiger partial charge in [-0.3, -0.25) is 0 Å². The number of sulfonamides is 1. The van der Waals surface area contributed by atoms with Crippen LogP contribution in [0.25, 0.3) is 0 Å². The normalized spacial score (nSPS) is 21.9. The number of hydrogen-bond donors (Lipinski definition) is 2. The number of halogens is 1. The number of sulfone groups is 1. The summed E-state index contributed by atoms with van der Waals surface area (Å²) in [4.78, 5) is 3.52. The van der Waals surface area contributed by atoms with Gasteiger partial charge in [-0.2, -0.15) is 0 Å². The van der Waals surface area contributed by atoms with Crippen LogP contribution in [0.1, 0.15) is 12.8 Å². The van der Waals surface area contributed by atoms with Crippen LogP contribution in [0.15, 0.2) is 17.2 Å². The highest BCUT2D eigenvalue weighted by molar-refractivity contribution is 7.92. The van der Waals surface area contributed by atoms with Crippen molar-refractivity contribution < 1.29 is 16.8 Å².